The van der Waals surface area contributed by atoms with E-state index >= 15 is 0 Å². The zero-order chi connectivity index (χ0) is 55.1. The van der Waals surface area contributed by atoms with Crippen molar-refractivity contribution >= 4 is 0 Å². The highest BCUT2D eigenvalue weighted by atomic mass is 16.8. The molecule has 29 atom stereocenters. The molecule has 0 aromatic heterocycles. The lowest BCUT2D eigenvalue weighted by Gasteiger charge is -2.71. The number of fused-ring (bicyclic) bond motifs is 5. The molecule has 8 aliphatic rings. The number of hydrogen-bond acceptors (Lipinski definition) is 22. The third-order valence-corrected chi connectivity index (χ3v) is 20.5. The van der Waals surface area contributed by atoms with Crippen molar-refractivity contribution in [1.29, 1.82) is 0 Å². The fourth-order valence-electron chi connectivity index (χ4n) is 16.1. The Morgan fingerprint density at radius 2 is 1.08 bits per heavy atom. The Balaban J connectivity index is 1.01. The van der Waals surface area contributed by atoms with E-state index in [4.69, 9.17) is 37.9 Å². The van der Waals surface area contributed by atoms with Crippen LogP contribution in [0, 0.1) is 45.3 Å². The number of hydrogen-bond donors (Lipinski definition) is 14. The third kappa shape index (κ3) is 10.5. The van der Waals surface area contributed by atoms with Gasteiger partial charge in [0.2, 0.25) is 0 Å². The van der Waals surface area contributed by atoms with E-state index in [9.17, 15) is 71.5 Å². The Bertz CT molecular complexity index is 1940. The highest BCUT2D eigenvalue weighted by Crippen LogP contribution is 2.76. The van der Waals surface area contributed by atoms with Crippen LogP contribution in [0.15, 0.2) is 11.6 Å². The molecule has 8 fully saturated rings. The average molecular weight is 1080 g/mol. The van der Waals surface area contributed by atoms with Crippen molar-refractivity contribution in [3.63, 3.8) is 0 Å². The molecule has 0 bridgehead atoms. The maximum absolute atomic E-state index is 12.8. The molecule has 0 aromatic rings. The minimum atomic E-state index is -1.81. The highest BCUT2D eigenvalue weighted by molar-refractivity contribution is 5.20. The van der Waals surface area contributed by atoms with Crippen LogP contribution in [0.3, 0.4) is 0 Å². The van der Waals surface area contributed by atoms with Gasteiger partial charge in [-0.05, 0) is 124 Å². The summed E-state index contributed by atoms with van der Waals surface area (Å²) in [6.07, 6.45) is -22.1. The molecule has 8 rings (SSSR count). The Morgan fingerprint density at radius 3 is 1.69 bits per heavy atom. The van der Waals surface area contributed by atoms with Gasteiger partial charge in [0, 0.05) is 0 Å². The van der Waals surface area contributed by atoms with Crippen molar-refractivity contribution in [2.45, 2.75) is 248 Å². The molecule has 22 nitrogen and oxygen atoms in total. The van der Waals surface area contributed by atoms with Gasteiger partial charge in [0.15, 0.2) is 25.2 Å². The van der Waals surface area contributed by atoms with Crippen LogP contribution in [0.5, 0.6) is 0 Å². The van der Waals surface area contributed by atoms with Gasteiger partial charge in [-0.15, -0.1) is 0 Å². The molecule has 75 heavy (non-hydrogen) atoms. The van der Waals surface area contributed by atoms with E-state index in [0.29, 0.717) is 38.5 Å². The van der Waals surface area contributed by atoms with Crippen molar-refractivity contribution in [2.24, 2.45) is 45.3 Å². The van der Waals surface area contributed by atoms with Crippen LogP contribution < -0.4 is 0 Å². The lowest BCUT2D eigenvalue weighted by molar-refractivity contribution is -0.378. The summed E-state index contributed by atoms with van der Waals surface area (Å²) in [5.74, 6) is -0.394. The van der Waals surface area contributed by atoms with Crippen LogP contribution in [-0.2, 0) is 37.9 Å². The van der Waals surface area contributed by atoms with Crippen molar-refractivity contribution in [3.05, 3.63) is 11.6 Å². The summed E-state index contributed by atoms with van der Waals surface area (Å²) in [5.41, 5.74) is -1.47. The van der Waals surface area contributed by atoms with E-state index in [-0.39, 0.29) is 34.5 Å². The van der Waals surface area contributed by atoms with Crippen molar-refractivity contribution in [1.82, 2.24) is 0 Å². The van der Waals surface area contributed by atoms with Gasteiger partial charge in [-0.25, -0.2) is 0 Å². The van der Waals surface area contributed by atoms with Gasteiger partial charge in [0.05, 0.1) is 44.2 Å². The first-order chi connectivity index (χ1) is 35.1. The Hall–Kier alpha value is -1.14. The molecule has 0 radical (unpaired) electrons. The Labute approximate surface area is 439 Å². The molecular weight excluding hydrogens is 989 g/mol. The van der Waals surface area contributed by atoms with Gasteiger partial charge < -0.3 is 109 Å². The molecule has 434 valence electrons. The lowest BCUT2D eigenvalue weighted by Crippen LogP contribution is -2.68. The smallest absolute Gasteiger partial charge is 0.187 e. The number of allylic oxidation sites excluding steroid dienone is 2. The zero-order valence-corrected chi connectivity index (χ0v) is 44.7. The monoisotopic (exact) mass is 1080 g/mol. The van der Waals surface area contributed by atoms with Gasteiger partial charge >= 0.3 is 0 Å². The molecular formula is C53H90O22. The fourth-order valence-corrected chi connectivity index (χ4v) is 16.1. The van der Waals surface area contributed by atoms with Crippen molar-refractivity contribution in [2.75, 3.05) is 26.4 Å². The molecule has 4 saturated carbocycles. The van der Waals surface area contributed by atoms with E-state index < -0.39 is 172 Å². The minimum Gasteiger partial charge on any atom is -0.394 e. The SMILES string of the molecule is CC(C)=CCC[C@](C)(O[C@@H]1O[C@H](CO[C@@H]2O[C@@H](CO)[C@H](O)[C@H]2O)[C@@H](O)[C@H](O)[C@H]1O)[C@H]1CC[C@]2(C)[C@H]1[C@H](O)C[C@H]1[C@@]3(C)CC[C@H](O[C@@H]4O[C@H](CO)[C@@H](O)[C@H](O)[C@H]4O[C@@H]4O[C@H](CO)[C@@H](O)[C@H](O)[C@H]4O)C(C)(C)[C@@H]3CC[C@@]12C. The van der Waals surface area contributed by atoms with Crippen LogP contribution in [0.4, 0.5) is 0 Å². The van der Waals surface area contributed by atoms with E-state index in [1.165, 1.54) is 0 Å². The predicted octanol–water partition coefficient (Wildman–Crippen LogP) is -1.56. The maximum atomic E-state index is 12.8. The molecule has 0 aromatic carbocycles. The molecule has 22 heteroatoms. The molecule has 4 aliphatic heterocycles. The van der Waals surface area contributed by atoms with Gasteiger partial charge in [-0.1, -0.05) is 46.3 Å². The second-order valence-corrected chi connectivity index (χ2v) is 25.3. The largest absolute Gasteiger partial charge is 0.394 e. The first-order valence-electron chi connectivity index (χ1n) is 27.3. The van der Waals surface area contributed by atoms with Gasteiger partial charge in [0.1, 0.15) is 91.6 Å². The summed E-state index contributed by atoms with van der Waals surface area (Å²) in [4.78, 5) is 0. The second kappa shape index (κ2) is 22.7. The van der Waals surface area contributed by atoms with Crippen LogP contribution in [0.1, 0.15) is 113 Å². The predicted molar refractivity (Wildman–Crippen MR) is 260 cm³/mol. The molecule has 4 aliphatic carbocycles. The summed E-state index contributed by atoms with van der Waals surface area (Å²) in [6, 6.07) is 0. The van der Waals surface area contributed by atoms with Crippen molar-refractivity contribution < 1.29 is 109 Å². The number of aliphatic hydroxyl groups is 14. The summed E-state index contributed by atoms with van der Waals surface area (Å²) in [6.45, 7) is 14.9. The molecule has 0 spiro atoms. The molecule has 0 unspecified atom stereocenters. The van der Waals surface area contributed by atoms with E-state index in [1.807, 2.05) is 20.8 Å². The number of rotatable bonds is 16. The topological polar surface area (TPSA) is 357 Å². The van der Waals surface area contributed by atoms with Crippen LogP contribution in [0.25, 0.3) is 0 Å². The number of ether oxygens (including phenoxy) is 8. The fraction of sp³-hybridized carbons (Fsp3) is 0.962. The van der Waals surface area contributed by atoms with Crippen molar-refractivity contribution in [3.8, 4) is 0 Å². The number of aliphatic hydroxyl groups excluding tert-OH is 14. The summed E-state index contributed by atoms with van der Waals surface area (Å²) in [5, 5.41) is 151. The van der Waals surface area contributed by atoms with Gasteiger partial charge in [0.25, 0.3) is 0 Å². The lowest BCUT2D eigenvalue weighted by atomic mass is 9.35. The molecule has 14 N–H and O–H groups in total. The molecule has 4 heterocycles. The second-order valence-electron chi connectivity index (χ2n) is 25.3. The average Bonchev–Trinajstić information content (AvgIpc) is 3.89. The first kappa shape index (κ1) is 60.0. The minimum absolute atomic E-state index is 0.0508. The molecule has 4 saturated heterocycles. The first-order valence-corrected chi connectivity index (χ1v) is 27.3. The Kier molecular flexibility index (Phi) is 18.1. The quantitative estimate of drug-likeness (QED) is 0.0614. The standard InChI is InChI=1S/C53H90O22/c1-23(2)10-9-14-53(8,75-47-43(67)39(63)37(61)29(72-47)22-68-45-41(65)36(60)28(21-56)69-45)24-11-16-52(7)33(24)25(57)18-31-50(5)15-13-32(49(3,4)30(50)12-17-51(31,52)6)73-48-44(40(64)35(59)27(20-55)71-48)74-46-42(66)38(62)34(58)26(19-54)70-46/h10,24-48,54-67H,9,11-22H2,1-8H3/t24-,25+,26+,27+,28-,29+,30-,31-,32-,33+,34+,35+,36-,37+,38-,39-,40-,41+,42+,43+,44+,45+,46-,47-,48-,50-,51-,52+,53-/m0/s1. The summed E-state index contributed by atoms with van der Waals surface area (Å²) in [7, 11) is 0. The maximum Gasteiger partial charge on any atom is 0.187 e. The van der Waals surface area contributed by atoms with E-state index in [0.717, 1.165) is 24.8 Å². The summed E-state index contributed by atoms with van der Waals surface area (Å²) < 4.78 is 48.9. The van der Waals surface area contributed by atoms with Crippen LogP contribution in [-0.4, -0.2) is 232 Å². The van der Waals surface area contributed by atoms with Crippen LogP contribution >= 0.6 is 0 Å². The van der Waals surface area contributed by atoms with Gasteiger partial charge in [-0.3, -0.25) is 0 Å². The van der Waals surface area contributed by atoms with Crippen LogP contribution in [0.2, 0.25) is 0 Å². The van der Waals surface area contributed by atoms with Gasteiger partial charge in [-0.2, -0.15) is 0 Å². The normalized spacial score (nSPS) is 52.6. The Morgan fingerprint density at radius 1 is 0.560 bits per heavy atom. The highest BCUT2D eigenvalue weighted by Gasteiger charge is 2.72. The summed E-state index contributed by atoms with van der Waals surface area (Å²) >= 11 is 0. The molecule has 0 amide bonds. The van der Waals surface area contributed by atoms with E-state index in [2.05, 4.69) is 40.7 Å². The van der Waals surface area contributed by atoms with E-state index in [1.54, 1.807) is 0 Å². The zero-order valence-electron chi connectivity index (χ0n) is 44.7. The third-order valence-electron chi connectivity index (χ3n) is 20.5.